The van der Waals surface area contributed by atoms with Crippen molar-refractivity contribution in [3.05, 3.63) is 136 Å². The van der Waals surface area contributed by atoms with E-state index in [9.17, 15) is 4.79 Å². The van der Waals surface area contributed by atoms with Gasteiger partial charge in [-0.1, -0.05) is 72.8 Å². The fraction of sp³-hybridized carbons (Fsp3) is 0.0909. The number of nitrogens with zero attached hydrogens (tertiary/aromatic N) is 5. The van der Waals surface area contributed by atoms with Gasteiger partial charge in [-0.15, -0.1) is 0 Å². The van der Waals surface area contributed by atoms with E-state index in [-0.39, 0.29) is 11.6 Å². The van der Waals surface area contributed by atoms with Crippen LogP contribution in [-0.4, -0.2) is 33.7 Å². The molecule has 1 aliphatic rings. The van der Waals surface area contributed by atoms with Crippen molar-refractivity contribution in [2.45, 2.75) is 12.5 Å². The molecule has 8 heteroatoms. The molecule has 0 saturated heterocycles. The first-order valence-electron chi connectivity index (χ1n) is 13.4. The van der Waals surface area contributed by atoms with Crippen LogP contribution in [0.15, 0.2) is 124 Å². The van der Waals surface area contributed by atoms with Gasteiger partial charge < -0.3 is 9.72 Å². The van der Waals surface area contributed by atoms with Gasteiger partial charge in [0.25, 0.3) is 5.56 Å². The van der Waals surface area contributed by atoms with Gasteiger partial charge in [0.15, 0.2) is 0 Å². The fourth-order valence-electron chi connectivity index (χ4n) is 5.26. The highest BCUT2D eigenvalue weighted by atomic mass is 16.5. The Hall–Kier alpha value is -5.50. The second-order valence-electron chi connectivity index (χ2n) is 9.88. The molecule has 4 aromatic carbocycles. The molecule has 1 atom stereocenters. The van der Waals surface area contributed by atoms with E-state index in [4.69, 9.17) is 9.84 Å². The molecule has 0 saturated carbocycles. The van der Waals surface area contributed by atoms with E-state index in [2.05, 4.69) is 56.5 Å². The largest absolute Gasteiger partial charge is 0.497 e. The summed E-state index contributed by atoms with van der Waals surface area (Å²) >= 11 is 0. The third-order valence-corrected chi connectivity index (χ3v) is 7.39. The van der Waals surface area contributed by atoms with Crippen molar-refractivity contribution in [1.82, 2.24) is 14.6 Å². The van der Waals surface area contributed by atoms with Crippen molar-refractivity contribution >= 4 is 39.5 Å². The first-order chi connectivity index (χ1) is 20.2. The normalized spacial score (nSPS) is 15.2. The van der Waals surface area contributed by atoms with Crippen molar-refractivity contribution in [3.8, 4) is 5.75 Å². The SMILES string of the molecule is COc1ccc2[nH]c3c(=O)n(/N=C\c4ccc(N5N=C(c6ccccc6)C[C@H]5c5ccccc5)cc4)cnc3c2c1. The first kappa shape index (κ1) is 24.5. The van der Waals surface area contributed by atoms with Crippen LogP contribution in [0.25, 0.3) is 21.9 Å². The molecule has 3 heterocycles. The van der Waals surface area contributed by atoms with E-state index >= 15 is 0 Å². The Labute approximate surface area is 235 Å². The van der Waals surface area contributed by atoms with Gasteiger partial charge >= 0.3 is 0 Å². The molecule has 0 bridgehead atoms. The Balaban J connectivity index is 1.17. The van der Waals surface area contributed by atoms with Crippen LogP contribution in [-0.2, 0) is 0 Å². The molecule has 0 unspecified atom stereocenters. The minimum atomic E-state index is -0.274. The number of rotatable bonds is 6. The third-order valence-electron chi connectivity index (χ3n) is 7.39. The summed E-state index contributed by atoms with van der Waals surface area (Å²) in [7, 11) is 1.61. The van der Waals surface area contributed by atoms with Crippen molar-refractivity contribution < 1.29 is 4.74 Å². The number of benzene rings is 4. The van der Waals surface area contributed by atoms with Gasteiger partial charge in [0, 0.05) is 17.3 Å². The summed E-state index contributed by atoms with van der Waals surface area (Å²) in [6.07, 6.45) is 3.91. The monoisotopic (exact) mass is 538 g/mol. The van der Waals surface area contributed by atoms with Gasteiger partial charge in [-0.05, 0) is 47.0 Å². The average Bonchev–Trinajstić information content (AvgIpc) is 3.64. The zero-order chi connectivity index (χ0) is 27.8. The van der Waals surface area contributed by atoms with Crippen molar-refractivity contribution in [1.29, 1.82) is 0 Å². The van der Waals surface area contributed by atoms with E-state index in [0.717, 1.165) is 39.8 Å². The number of hydrogen-bond acceptors (Lipinski definition) is 6. The molecule has 6 aromatic rings. The van der Waals surface area contributed by atoms with E-state index in [1.807, 2.05) is 66.7 Å². The molecule has 0 aliphatic carbocycles. The number of nitrogens with one attached hydrogen (secondary N) is 1. The molecule has 0 fully saturated rings. The maximum absolute atomic E-state index is 13.1. The Bertz CT molecular complexity index is 1980. The predicted molar refractivity (Wildman–Crippen MR) is 163 cm³/mol. The lowest BCUT2D eigenvalue weighted by molar-refractivity contribution is 0.415. The number of aromatic nitrogens is 3. The molecule has 0 radical (unpaired) electrons. The fourth-order valence-corrected chi connectivity index (χ4v) is 5.26. The molecule has 41 heavy (non-hydrogen) atoms. The van der Waals surface area contributed by atoms with Crippen LogP contribution >= 0.6 is 0 Å². The summed E-state index contributed by atoms with van der Waals surface area (Å²) < 4.78 is 6.56. The number of H-pyrrole nitrogens is 1. The Morgan fingerprint density at radius 3 is 2.46 bits per heavy atom. The molecule has 8 nitrogen and oxygen atoms in total. The third kappa shape index (κ3) is 4.55. The maximum atomic E-state index is 13.1. The Morgan fingerprint density at radius 1 is 0.951 bits per heavy atom. The number of anilines is 1. The standard InChI is InChI=1S/C33H26N6O2/c1-41-26-16-17-28-27(18-26)31-32(36-28)33(40)38(21-34-31)35-20-22-12-14-25(15-13-22)39-30(24-10-6-3-7-11-24)19-29(37-39)23-8-4-2-5-9-23/h2-18,20-21,30,36H,19H2,1H3/b35-20-/t30-/m0/s1. The van der Waals surface area contributed by atoms with Gasteiger partial charge in [0.1, 0.15) is 23.1 Å². The van der Waals surface area contributed by atoms with Crippen LogP contribution in [0, 0.1) is 0 Å². The second kappa shape index (κ2) is 10.2. The van der Waals surface area contributed by atoms with Crippen LogP contribution < -0.4 is 15.3 Å². The zero-order valence-electron chi connectivity index (χ0n) is 22.3. The smallest absolute Gasteiger partial charge is 0.298 e. The molecule has 7 rings (SSSR count). The van der Waals surface area contributed by atoms with Gasteiger partial charge in [0.05, 0.1) is 30.8 Å². The van der Waals surface area contributed by atoms with Gasteiger partial charge in [-0.2, -0.15) is 14.9 Å². The van der Waals surface area contributed by atoms with Crippen LogP contribution in [0.5, 0.6) is 5.75 Å². The van der Waals surface area contributed by atoms with Gasteiger partial charge in [-0.25, -0.2) is 4.98 Å². The summed E-state index contributed by atoms with van der Waals surface area (Å²) in [5.74, 6) is 0.705. The minimum Gasteiger partial charge on any atom is -0.497 e. The summed E-state index contributed by atoms with van der Waals surface area (Å²) in [5, 5.41) is 12.4. The summed E-state index contributed by atoms with van der Waals surface area (Å²) in [6.45, 7) is 0. The van der Waals surface area contributed by atoms with E-state index < -0.39 is 0 Å². The predicted octanol–water partition coefficient (Wildman–Crippen LogP) is 6.12. The van der Waals surface area contributed by atoms with Crippen molar-refractivity contribution in [3.63, 3.8) is 0 Å². The van der Waals surface area contributed by atoms with E-state index in [1.165, 1.54) is 16.6 Å². The zero-order valence-corrected chi connectivity index (χ0v) is 22.3. The summed E-state index contributed by atoms with van der Waals surface area (Å²) in [4.78, 5) is 20.8. The van der Waals surface area contributed by atoms with Crippen LogP contribution in [0.4, 0.5) is 5.69 Å². The molecular weight excluding hydrogens is 512 g/mol. The lowest BCUT2D eigenvalue weighted by Crippen LogP contribution is -2.18. The molecule has 1 N–H and O–H groups in total. The minimum absolute atomic E-state index is 0.0959. The van der Waals surface area contributed by atoms with E-state index in [0.29, 0.717) is 16.8 Å². The number of ether oxygens (including phenoxy) is 1. The number of hydrazone groups is 1. The second-order valence-corrected chi connectivity index (χ2v) is 9.88. The molecule has 0 spiro atoms. The average molecular weight is 539 g/mol. The highest BCUT2D eigenvalue weighted by Crippen LogP contribution is 2.36. The number of aromatic amines is 1. The van der Waals surface area contributed by atoms with Crippen LogP contribution in [0.2, 0.25) is 0 Å². The van der Waals surface area contributed by atoms with Crippen molar-refractivity contribution in [2.24, 2.45) is 10.2 Å². The molecule has 1 aliphatic heterocycles. The maximum Gasteiger partial charge on any atom is 0.298 e. The number of hydrogen-bond donors (Lipinski definition) is 1. The topological polar surface area (TPSA) is 87.9 Å². The summed E-state index contributed by atoms with van der Waals surface area (Å²) in [6, 6.07) is 34.5. The molecule has 200 valence electrons. The Kier molecular flexibility index (Phi) is 6.13. The Morgan fingerprint density at radius 2 is 1.71 bits per heavy atom. The van der Waals surface area contributed by atoms with E-state index in [1.54, 1.807) is 13.3 Å². The van der Waals surface area contributed by atoms with Crippen LogP contribution in [0.3, 0.4) is 0 Å². The quantitative estimate of drug-likeness (QED) is 0.259. The number of fused-ring (bicyclic) bond motifs is 3. The number of methoxy groups -OCH3 is 1. The molecule has 0 amide bonds. The lowest BCUT2D eigenvalue weighted by atomic mass is 9.98. The van der Waals surface area contributed by atoms with Crippen LogP contribution in [0.1, 0.15) is 29.2 Å². The first-order valence-corrected chi connectivity index (χ1v) is 13.4. The van der Waals surface area contributed by atoms with Crippen molar-refractivity contribution in [2.75, 3.05) is 12.1 Å². The summed E-state index contributed by atoms with van der Waals surface area (Å²) in [5.41, 5.74) is 6.77. The highest BCUT2D eigenvalue weighted by molar-refractivity contribution is 6.05. The molecule has 2 aromatic heterocycles. The molecular formula is C33H26N6O2. The lowest BCUT2D eigenvalue weighted by Gasteiger charge is -2.24. The van der Waals surface area contributed by atoms with Gasteiger partial charge in [0.2, 0.25) is 0 Å². The van der Waals surface area contributed by atoms with Gasteiger partial charge in [-0.3, -0.25) is 9.80 Å². The highest BCUT2D eigenvalue weighted by Gasteiger charge is 2.29.